The quantitative estimate of drug-likeness (QED) is 0.592. The van der Waals surface area contributed by atoms with Gasteiger partial charge in [0.1, 0.15) is 5.75 Å². The number of urea groups is 1. The van der Waals surface area contributed by atoms with Gasteiger partial charge in [-0.1, -0.05) is 47.6 Å². The minimum atomic E-state index is -0.445. The second kappa shape index (κ2) is 10.1. The van der Waals surface area contributed by atoms with Crippen LogP contribution in [0.15, 0.2) is 59.1 Å². The number of benzene rings is 2. The second-order valence-corrected chi connectivity index (χ2v) is 6.49. The summed E-state index contributed by atoms with van der Waals surface area (Å²) in [6.07, 6.45) is 0.339. The predicted octanol–water partition coefficient (Wildman–Crippen LogP) is 2.71. The molecule has 3 aromatic rings. The normalized spacial score (nSPS) is 10.3. The van der Waals surface area contributed by atoms with Gasteiger partial charge in [0.2, 0.25) is 0 Å². The summed E-state index contributed by atoms with van der Waals surface area (Å²) in [5, 5.41) is 9.32. The van der Waals surface area contributed by atoms with Crippen LogP contribution in [-0.2, 0) is 13.0 Å². The van der Waals surface area contributed by atoms with E-state index in [2.05, 4.69) is 20.8 Å². The first-order chi connectivity index (χ1) is 14.6. The van der Waals surface area contributed by atoms with Gasteiger partial charge in [-0.15, -0.1) is 0 Å². The highest BCUT2D eigenvalue weighted by Crippen LogP contribution is 2.23. The molecule has 0 aliphatic heterocycles. The van der Waals surface area contributed by atoms with E-state index < -0.39 is 5.91 Å². The molecule has 9 nitrogen and oxygen atoms in total. The van der Waals surface area contributed by atoms with Gasteiger partial charge in [0, 0.05) is 26.6 Å². The summed E-state index contributed by atoms with van der Waals surface area (Å²) in [5.41, 5.74) is 1.54. The van der Waals surface area contributed by atoms with Crippen molar-refractivity contribution in [1.29, 1.82) is 0 Å². The molecular weight excluding hydrogens is 386 g/mol. The number of amides is 3. The van der Waals surface area contributed by atoms with Crippen LogP contribution >= 0.6 is 0 Å². The van der Waals surface area contributed by atoms with Gasteiger partial charge in [0.05, 0.1) is 12.8 Å². The molecule has 0 radical (unpaired) electrons. The standard InChI is InChI=1S/C21H23N5O4/c1-26(21(28)23-16-10-6-7-11-17(16)29-2)13-12-18-24-20(30-25-18)19(27)22-14-15-8-4-3-5-9-15/h3-11H,12-14H2,1-2H3,(H,22,27)(H,23,28). The lowest BCUT2D eigenvalue weighted by atomic mass is 10.2. The fourth-order valence-electron chi connectivity index (χ4n) is 2.63. The smallest absolute Gasteiger partial charge is 0.321 e. The van der Waals surface area contributed by atoms with Crippen LogP contribution in [0.4, 0.5) is 10.5 Å². The summed E-state index contributed by atoms with van der Waals surface area (Å²) in [7, 11) is 3.19. The van der Waals surface area contributed by atoms with Gasteiger partial charge >= 0.3 is 17.8 Å². The fourth-order valence-corrected chi connectivity index (χ4v) is 2.63. The van der Waals surface area contributed by atoms with Crippen LogP contribution in [-0.4, -0.2) is 47.7 Å². The molecule has 3 amide bonds. The molecule has 0 aliphatic carbocycles. The van der Waals surface area contributed by atoms with Crippen LogP contribution in [0, 0.1) is 0 Å². The lowest BCUT2D eigenvalue weighted by Crippen LogP contribution is -2.33. The maximum Gasteiger partial charge on any atom is 0.321 e. The van der Waals surface area contributed by atoms with Gasteiger partial charge in [-0.05, 0) is 17.7 Å². The van der Waals surface area contributed by atoms with Crippen molar-refractivity contribution < 1.29 is 18.8 Å². The number of likely N-dealkylation sites (N-methyl/N-ethyl adjacent to an activating group) is 1. The molecule has 0 aliphatic rings. The first kappa shape index (κ1) is 20.8. The molecule has 156 valence electrons. The molecule has 9 heteroatoms. The maximum atomic E-state index is 12.4. The maximum absolute atomic E-state index is 12.4. The number of nitrogens with one attached hydrogen (secondary N) is 2. The van der Waals surface area contributed by atoms with Crippen LogP contribution in [0.2, 0.25) is 0 Å². The molecule has 0 atom stereocenters. The van der Waals surface area contributed by atoms with Gasteiger partial charge < -0.3 is 24.8 Å². The van der Waals surface area contributed by atoms with E-state index >= 15 is 0 Å². The Bertz CT molecular complexity index is 990. The predicted molar refractivity (Wildman–Crippen MR) is 110 cm³/mol. The topological polar surface area (TPSA) is 110 Å². The third-order valence-electron chi connectivity index (χ3n) is 4.32. The highest BCUT2D eigenvalue weighted by molar-refractivity contribution is 5.91. The number of ether oxygens (including phenoxy) is 1. The Balaban J connectivity index is 1.48. The van der Waals surface area contributed by atoms with Crippen molar-refractivity contribution in [3.8, 4) is 5.75 Å². The van der Waals surface area contributed by atoms with Crippen LogP contribution in [0.25, 0.3) is 0 Å². The average molecular weight is 409 g/mol. The van der Waals surface area contributed by atoms with E-state index in [9.17, 15) is 9.59 Å². The van der Waals surface area contributed by atoms with Crippen molar-refractivity contribution in [2.75, 3.05) is 26.0 Å². The Hall–Kier alpha value is -3.88. The van der Waals surface area contributed by atoms with Crippen LogP contribution in [0.5, 0.6) is 5.75 Å². The minimum Gasteiger partial charge on any atom is -0.495 e. The SMILES string of the molecule is COc1ccccc1NC(=O)N(C)CCc1noc(C(=O)NCc2ccccc2)n1. The summed E-state index contributed by atoms with van der Waals surface area (Å²) in [6.45, 7) is 0.703. The Labute approximate surface area is 174 Å². The van der Waals surface area contributed by atoms with Gasteiger partial charge in [-0.25, -0.2) is 4.79 Å². The summed E-state index contributed by atoms with van der Waals surface area (Å²) in [6, 6.07) is 16.4. The van der Waals surface area contributed by atoms with E-state index in [4.69, 9.17) is 9.26 Å². The third-order valence-corrected chi connectivity index (χ3v) is 4.32. The summed E-state index contributed by atoms with van der Waals surface area (Å²) < 4.78 is 10.2. The van der Waals surface area contributed by atoms with Gasteiger partial charge in [-0.3, -0.25) is 4.79 Å². The first-order valence-electron chi connectivity index (χ1n) is 9.36. The first-order valence-corrected chi connectivity index (χ1v) is 9.36. The molecule has 0 saturated heterocycles. The fraction of sp³-hybridized carbons (Fsp3) is 0.238. The molecule has 0 spiro atoms. The minimum absolute atomic E-state index is 0.109. The van der Waals surface area contributed by atoms with Crippen molar-refractivity contribution in [2.45, 2.75) is 13.0 Å². The Morgan fingerprint density at radius 1 is 1.10 bits per heavy atom. The zero-order chi connectivity index (χ0) is 21.3. The summed E-state index contributed by atoms with van der Waals surface area (Å²) in [5.74, 6) is 0.363. The molecule has 1 heterocycles. The number of rotatable bonds is 8. The highest BCUT2D eigenvalue weighted by atomic mass is 16.5. The number of carbonyl (C=O) groups is 2. The molecule has 0 saturated carbocycles. The second-order valence-electron chi connectivity index (χ2n) is 6.49. The molecule has 1 aromatic heterocycles. The molecule has 30 heavy (non-hydrogen) atoms. The number of hydrogen-bond acceptors (Lipinski definition) is 6. The van der Waals surface area contributed by atoms with E-state index in [1.165, 1.54) is 4.90 Å². The largest absolute Gasteiger partial charge is 0.495 e. The average Bonchev–Trinajstić information content (AvgIpc) is 3.26. The van der Waals surface area contributed by atoms with E-state index in [-0.39, 0.29) is 11.9 Å². The summed E-state index contributed by atoms with van der Waals surface area (Å²) >= 11 is 0. The number of methoxy groups -OCH3 is 1. The molecule has 3 rings (SSSR count). The molecule has 0 unspecified atom stereocenters. The zero-order valence-electron chi connectivity index (χ0n) is 16.8. The lowest BCUT2D eigenvalue weighted by Gasteiger charge is -2.18. The highest BCUT2D eigenvalue weighted by Gasteiger charge is 2.17. The number of carbonyl (C=O) groups excluding carboxylic acids is 2. The van der Waals surface area contributed by atoms with Crippen molar-refractivity contribution in [2.24, 2.45) is 0 Å². The third kappa shape index (κ3) is 5.57. The van der Waals surface area contributed by atoms with Crippen LogP contribution in [0.3, 0.4) is 0 Å². The lowest BCUT2D eigenvalue weighted by molar-refractivity contribution is 0.0907. The molecule has 0 bridgehead atoms. The van der Waals surface area contributed by atoms with Crippen molar-refractivity contribution in [3.63, 3.8) is 0 Å². The number of nitrogens with zero attached hydrogens (tertiary/aromatic N) is 3. The van der Waals surface area contributed by atoms with E-state index in [1.54, 1.807) is 26.3 Å². The number of hydrogen-bond donors (Lipinski definition) is 2. The van der Waals surface area contributed by atoms with Crippen molar-refractivity contribution >= 4 is 17.6 Å². The van der Waals surface area contributed by atoms with Gasteiger partial charge in [-0.2, -0.15) is 4.98 Å². The monoisotopic (exact) mass is 409 g/mol. The van der Waals surface area contributed by atoms with Crippen molar-refractivity contribution in [3.05, 3.63) is 71.9 Å². The molecule has 0 fully saturated rings. The summed E-state index contributed by atoms with van der Waals surface area (Å²) in [4.78, 5) is 30.1. The number of anilines is 1. The van der Waals surface area contributed by atoms with Crippen LogP contribution < -0.4 is 15.4 Å². The van der Waals surface area contributed by atoms with Gasteiger partial charge in [0.25, 0.3) is 0 Å². The Morgan fingerprint density at radius 2 is 1.83 bits per heavy atom. The van der Waals surface area contributed by atoms with E-state index in [1.807, 2.05) is 42.5 Å². The van der Waals surface area contributed by atoms with Crippen molar-refractivity contribution in [1.82, 2.24) is 20.4 Å². The van der Waals surface area contributed by atoms with E-state index in [0.717, 1.165) is 5.56 Å². The van der Waals surface area contributed by atoms with Crippen LogP contribution in [0.1, 0.15) is 22.1 Å². The zero-order valence-corrected chi connectivity index (χ0v) is 16.8. The van der Waals surface area contributed by atoms with E-state index in [0.29, 0.717) is 36.8 Å². The number of para-hydroxylation sites is 2. The Morgan fingerprint density at radius 3 is 2.60 bits per heavy atom. The Kier molecular flexibility index (Phi) is 6.99. The molecule has 2 aromatic carbocycles. The number of aromatic nitrogens is 2. The molecular formula is C21H23N5O4. The molecule has 2 N–H and O–H groups in total. The van der Waals surface area contributed by atoms with Gasteiger partial charge in [0.15, 0.2) is 5.82 Å².